The molecule has 1 atom stereocenters. The van der Waals surface area contributed by atoms with E-state index < -0.39 is 0 Å². The van der Waals surface area contributed by atoms with Gasteiger partial charge in [-0.25, -0.2) is 0 Å². The Kier molecular flexibility index (Phi) is 2.27. The van der Waals surface area contributed by atoms with Gasteiger partial charge in [0, 0.05) is 0 Å². The SMILES string of the molecule is OCCOC[C@H]1CO1. The van der Waals surface area contributed by atoms with Crippen molar-refractivity contribution in [1.82, 2.24) is 0 Å². The van der Waals surface area contributed by atoms with Crippen molar-refractivity contribution in [2.75, 3.05) is 26.4 Å². The molecular formula is C5H10O3. The van der Waals surface area contributed by atoms with Crippen molar-refractivity contribution >= 4 is 0 Å². The largest absolute Gasteiger partial charge is 0.394 e. The molecule has 8 heavy (non-hydrogen) atoms. The van der Waals surface area contributed by atoms with Crippen LogP contribution in [0, 0.1) is 0 Å². The number of aliphatic hydroxyl groups excluding tert-OH is 1. The summed E-state index contributed by atoms with van der Waals surface area (Å²) in [7, 11) is 0. The molecule has 1 fully saturated rings. The van der Waals surface area contributed by atoms with Crippen LogP contribution in [-0.4, -0.2) is 37.6 Å². The maximum Gasteiger partial charge on any atom is 0.104 e. The minimum atomic E-state index is 0.104. The highest BCUT2D eigenvalue weighted by atomic mass is 16.6. The van der Waals surface area contributed by atoms with Crippen molar-refractivity contribution in [3.05, 3.63) is 0 Å². The average molecular weight is 118 g/mol. The van der Waals surface area contributed by atoms with Crippen LogP contribution >= 0.6 is 0 Å². The van der Waals surface area contributed by atoms with E-state index in [1.165, 1.54) is 0 Å². The molecule has 0 radical (unpaired) electrons. The van der Waals surface area contributed by atoms with E-state index in [9.17, 15) is 0 Å². The van der Waals surface area contributed by atoms with E-state index in [-0.39, 0.29) is 6.61 Å². The molecule has 0 spiro atoms. The summed E-state index contributed by atoms with van der Waals surface area (Å²) in [5.41, 5.74) is 0. The number of rotatable bonds is 4. The Morgan fingerprint density at radius 3 is 3.00 bits per heavy atom. The summed E-state index contributed by atoms with van der Waals surface area (Å²) < 4.78 is 9.78. The van der Waals surface area contributed by atoms with Crippen LogP contribution in [0.4, 0.5) is 0 Å². The lowest BCUT2D eigenvalue weighted by atomic mass is 10.5. The van der Waals surface area contributed by atoms with Gasteiger partial charge in [0.2, 0.25) is 0 Å². The van der Waals surface area contributed by atoms with E-state index in [0.717, 1.165) is 6.61 Å². The zero-order valence-corrected chi connectivity index (χ0v) is 4.67. The molecule has 0 aromatic carbocycles. The molecule has 0 amide bonds. The summed E-state index contributed by atoms with van der Waals surface area (Å²) in [5.74, 6) is 0. The Balaban J connectivity index is 1.74. The quantitative estimate of drug-likeness (QED) is 0.395. The Labute approximate surface area is 48.2 Å². The Morgan fingerprint density at radius 1 is 1.75 bits per heavy atom. The number of ether oxygens (including phenoxy) is 2. The van der Waals surface area contributed by atoms with E-state index >= 15 is 0 Å². The molecule has 3 nitrogen and oxygen atoms in total. The first-order valence-corrected chi connectivity index (χ1v) is 2.73. The molecule has 0 aromatic rings. The summed E-state index contributed by atoms with van der Waals surface area (Å²) >= 11 is 0. The van der Waals surface area contributed by atoms with Gasteiger partial charge in [-0.2, -0.15) is 0 Å². The monoisotopic (exact) mass is 118 g/mol. The molecule has 1 N–H and O–H groups in total. The second-order valence-electron chi connectivity index (χ2n) is 1.75. The first-order chi connectivity index (χ1) is 3.93. The number of hydrogen-bond donors (Lipinski definition) is 1. The summed E-state index contributed by atoms with van der Waals surface area (Å²) in [6, 6.07) is 0. The minimum absolute atomic E-state index is 0.104. The van der Waals surface area contributed by atoms with Crippen LogP contribution in [0.1, 0.15) is 0 Å². The van der Waals surface area contributed by atoms with E-state index in [0.29, 0.717) is 19.3 Å². The van der Waals surface area contributed by atoms with Crippen molar-refractivity contribution in [2.24, 2.45) is 0 Å². The van der Waals surface area contributed by atoms with Gasteiger partial charge in [0.25, 0.3) is 0 Å². The van der Waals surface area contributed by atoms with Crippen molar-refractivity contribution in [1.29, 1.82) is 0 Å². The maximum absolute atomic E-state index is 8.23. The van der Waals surface area contributed by atoms with Gasteiger partial charge < -0.3 is 14.6 Å². The second kappa shape index (κ2) is 3.02. The van der Waals surface area contributed by atoms with Crippen LogP contribution in [-0.2, 0) is 9.47 Å². The Hall–Kier alpha value is -0.120. The summed E-state index contributed by atoms with van der Waals surface area (Å²) in [5, 5.41) is 8.23. The topological polar surface area (TPSA) is 42.0 Å². The van der Waals surface area contributed by atoms with Crippen LogP contribution in [0.15, 0.2) is 0 Å². The van der Waals surface area contributed by atoms with Gasteiger partial charge in [0.15, 0.2) is 0 Å². The molecule has 3 heteroatoms. The van der Waals surface area contributed by atoms with E-state index in [1.54, 1.807) is 0 Å². The number of epoxide rings is 1. The summed E-state index contributed by atoms with van der Waals surface area (Å²) in [6.45, 7) is 2.00. The van der Waals surface area contributed by atoms with E-state index in [2.05, 4.69) is 0 Å². The van der Waals surface area contributed by atoms with Crippen LogP contribution in [0.5, 0.6) is 0 Å². The molecule has 0 aliphatic carbocycles. The molecule has 0 aromatic heterocycles. The van der Waals surface area contributed by atoms with Crippen molar-refractivity contribution < 1.29 is 14.6 Å². The zero-order valence-electron chi connectivity index (χ0n) is 4.67. The van der Waals surface area contributed by atoms with Gasteiger partial charge >= 0.3 is 0 Å². The lowest BCUT2D eigenvalue weighted by Crippen LogP contribution is -2.04. The molecule has 1 aliphatic rings. The molecule has 48 valence electrons. The lowest BCUT2D eigenvalue weighted by Gasteiger charge is -1.95. The third-order valence-corrected chi connectivity index (χ3v) is 0.942. The molecule has 1 heterocycles. The molecule has 1 rings (SSSR count). The molecule has 1 aliphatic heterocycles. The summed E-state index contributed by atoms with van der Waals surface area (Å²) in [4.78, 5) is 0. The minimum Gasteiger partial charge on any atom is -0.394 e. The van der Waals surface area contributed by atoms with Crippen molar-refractivity contribution in [3.8, 4) is 0 Å². The van der Waals surface area contributed by atoms with Crippen LogP contribution in [0.2, 0.25) is 0 Å². The normalized spacial score (nSPS) is 25.9. The van der Waals surface area contributed by atoms with Crippen LogP contribution < -0.4 is 0 Å². The Bertz CT molecular complexity index is 60.7. The zero-order chi connectivity index (χ0) is 5.82. The highest BCUT2D eigenvalue weighted by molar-refractivity contribution is 4.66. The summed E-state index contributed by atoms with van der Waals surface area (Å²) in [6.07, 6.45) is 0.321. The standard InChI is InChI=1S/C5H10O3/c6-1-2-7-3-5-4-8-5/h5-6H,1-4H2/t5-/m0/s1. The van der Waals surface area contributed by atoms with Crippen LogP contribution in [0.25, 0.3) is 0 Å². The van der Waals surface area contributed by atoms with Crippen LogP contribution in [0.3, 0.4) is 0 Å². The first-order valence-electron chi connectivity index (χ1n) is 2.73. The third kappa shape index (κ3) is 2.26. The van der Waals surface area contributed by atoms with Gasteiger partial charge in [0.1, 0.15) is 6.10 Å². The number of aliphatic hydroxyl groups is 1. The molecule has 1 saturated heterocycles. The molecule has 0 bridgehead atoms. The van der Waals surface area contributed by atoms with Crippen molar-refractivity contribution in [3.63, 3.8) is 0 Å². The molecule has 0 unspecified atom stereocenters. The third-order valence-electron chi connectivity index (χ3n) is 0.942. The lowest BCUT2D eigenvalue weighted by molar-refractivity contribution is 0.0810. The van der Waals surface area contributed by atoms with Gasteiger partial charge in [-0.05, 0) is 0 Å². The fourth-order valence-corrected chi connectivity index (χ4v) is 0.444. The first kappa shape index (κ1) is 6.01. The Morgan fingerprint density at radius 2 is 2.50 bits per heavy atom. The molecular weight excluding hydrogens is 108 g/mol. The van der Waals surface area contributed by atoms with E-state index in [4.69, 9.17) is 14.6 Å². The fraction of sp³-hybridized carbons (Fsp3) is 1.00. The van der Waals surface area contributed by atoms with Gasteiger partial charge in [0.05, 0.1) is 26.4 Å². The highest BCUT2D eigenvalue weighted by Crippen LogP contribution is 2.07. The van der Waals surface area contributed by atoms with Gasteiger partial charge in [-0.3, -0.25) is 0 Å². The average Bonchev–Trinajstić information content (AvgIpc) is 2.51. The van der Waals surface area contributed by atoms with E-state index in [1.807, 2.05) is 0 Å². The predicted octanol–water partition coefficient (Wildman–Crippen LogP) is -0.606. The number of hydrogen-bond acceptors (Lipinski definition) is 3. The molecule has 0 saturated carbocycles. The maximum atomic E-state index is 8.23. The fourth-order valence-electron chi connectivity index (χ4n) is 0.444. The van der Waals surface area contributed by atoms with Crippen molar-refractivity contribution in [2.45, 2.75) is 6.10 Å². The smallest absolute Gasteiger partial charge is 0.104 e. The van der Waals surface area contributed by atoms with Gasteiger partial charge in [-0.1, -0.05) is 0 Å². The van der Waals surface area contributed by atoms with Gasteiger partial charge in [-0.15, -0.1) is 0 Å². The second-order valence-corrected chi connectivity index (χ2v) is 1.75. The predicted molar refractivity (Wildman–Crippen MR) is 27.6 cm³/mol. The highest BCUT2D eigenvalue weighted by Gasteiger charge is 2.21.